The SMILES string of the molecule is Cc1c(N)ccc(=O)n1CCCN(C)C. The molecular weight excluding hydrogens is 190 g/mol. The number of hydrogen-bond donors (Lipinski definition) is 1. The first-order valence-corrected chi connectivity index (χ1v) is 5.13. The Morgan fingerprint density at radius 1 is 1.40 bits per heavy atom. The van der Waals surface area contributed by atoms with Crippen molar-refractivity contribution in [3.8, 4) is 0 Å². The number of aromatic nitrogens is 1. The monoisotopic (exact) mass is 209 g/mol. The molecular formula is C11H19N3O. The highest BCUT2D eigenvalue weighted by Crippen LogP contribution is 2.06. The van der Waals surface area contributed by atoms with Crippen molar-refractivity contribution < 1.29 is 0 Å². The van der Waals surface area contributed by atoms with Crippen LogP contribution in [0.3, 0.4) is 0 Å². The van der Waals surface area contributed by atoms with E-state index in [0.29, 0.717) is 5.69 Å². The highest BCUT2D eigenvalue weighted by atomic mass is 16.1. The van der Waals surface area contributed by atoms with E-state index >= 15 is 0 Å². The third-order valence-corrected chi connectivity index (χ3v) is 2.48. The molecule has 0 saturated heterocycles. The first-order valence-electron chi connectivity index (χ1n) is 5.13. The summed E-state index contributed by atoms with van der Waals surface area (Å²) in [5.74, 6) is 0. The van der Waals surface area contributed by atoms with Crippen LogP contribution in [0.1, 0.15) is 12.1 Å². The molecule has 0 aliphatic carbocycles. The number of nitrogens with two attached hydrogens (primary N) is 1. The summed E-state index contributed by atoms with van der Waals surface area (Å²) in [6.45, 7) is 3.58. The average Bonchev–Trinajstić information content (AvgIpc) is 2.17. The summed E-state index contributed by atoms with van der Waals surface area (Å²) in [6.07, 6.45) is 0.956. The van der Waals surface area contributed by atoms with Crippen molar-refractivity contribution in [2.75, 3.05) is 26.4 Å². The number of nitrogen functional groups attached to an aromatic ring is 1. The molecule has 0 bridgehead atoms. The molecule has 0 spiro atoms. The van der Waals surface area contributed by atoms with Gasteiger partial charge < -0.3 is 15.2 Å². The lowest BCUT2D eigenvalue weighted by Crippen LogP contribution is -2.24. The molecule has 1 heterocycles. The molecule has 0 amide bonds. The molecule has 4 heteroatoms. The molecule has 2 N–H and O–H groups in total. The number of rotatable bonds is 4. The van der Waals surface area contributed by atoms with Crippen LogP contribution in [0.5, 0.6) is 0 Å². The summed E-state index contributed by atoms with van der Waals surface area (Å²) in [6, 6.07) is 3.19. The molecule has 0 radical (unpaired) electrons. The second-order valence-electron chi connectivity index (χ2n) is 4.02. The van der Waals surface area contributed by atoms with Gasteiger partial charge in [0.25, 0.3) is 5.56 Å². The molecule has 0 saturated carbocycles. The zero-order chi connectivity index (χ0) is 11.4. The Bertz CT molecular complexity index is 382. The maximum absolute atomic E-state index is 11.6. The van der Waals surface area contributed by atoms with Crippen LogP contribution in [0.2, 0.25) is 0 Å². The van der Waals surface area contributed by atoms with Gasteiger partial charge in [0.1, 0.15) is 0 Å². The Hall–Kier alpha value is -1.29. The molecule has 0 aliphatic rings. The quantitative estimate of drug-likeness (QED) is 0.793. The highest BCUT2D eigenvalue weighted by molar-refractivity contribution is 5.41. The molecule has 4 nitrogen and oxygen atoms in total. The summed E-state index contributed by atoms with van der Waals surface area (Å²) in [5.41, 5.74) is 7.32. The van der Waals surface area contributed by atoms with E-state index in [1.54, 1.807) is 10.6 Å². The minimum atomic E-state index is 0.0282. The van der Waals surface area contributed by atoms with Crippen molar-refractivity contribution in [1.29, 1.82) is 0 Å². The number of pyridine rings is 1. The van der Waals surface area contributed by atoms with Crippen LogP contribution in [0.25, 0.3) is 0 Å². The van der Waals surface area contributed by atoms with Gasteiger partial charge in [-0.2, -0.15) is 0 Å². The molecule has 1 aromatic heterocycles. The van der Waals surface area contributed by atoms with E-state index in [1.807, 2.05) is 21.0 Å². The average molecular weight is 209 g/mol. The van der Waals surface area contributed by atoms with Gasteiger partial charge in [0, 0.05) is 18.3 Å². The van der Waals surface area contributed by atoms with Crippen molar-refractivity contribution in [1.82, 2.24) is 9.47 Å². The van der Waals surface area contributed by atoms with E-state index in [9.17, 15) is 4.79 Å². The largest absolute Gasteiger partial charge is 0.397 e. The Kier molecular flexibility index (Phi) is 3.91. The molecule has 1 rings (SSSR count). The fourth-order valence-electron chi connectivity index (χ4n) is 1.52. The molecule has 0 aromatic carbocycles. The van der Waals surface area contributed by atoms with Gasteiger partial charge in [-0.25, -0.2) is 0 Å². The van der Waals surface area contributed by atoms with E-state index in [4.69, 9.17) is 5.73 Å². The van der Waals surface area contributed by atoms with Gasteiger partial charge in [-0.05, 0) is 40.1 Å². The summed E-state index contributed by atoms with van der Waals surface area (Å²) >= 11 is 0. The van der Waals surface area contributed by atoms with E-state index < -0.39 is 0 Å². The van der Waals surface area contributed by atoms with Crippen molar-refractivity contribution in [3.05, 3.63) is 28.2 Å². The fraction of sp³-hybridized carbons (Fsp3) is 0.545. The first-order chi connectivity index (χ1) is 7.02. The van der Waals surface area contributed by atoms with E-state index in [0.717, 1.165) is 25.2 Å². The molecule has 0 atom stereocenters. The predicted octanol–water partition coefficient (Wildman–Crippen LogP) is 0.691. The molecule has 1 aromatic rings. The van der Waals surface area contributed by atoms with Gasteiger partial charge in [0.2, 0.25) is 0 Å². The highest BCUT2D eigenvalue weighted by Gasteiger charge is 2.02. The minimum Gasteiger partial charge on any atom is -0.397 e. The van der Waals surface area contributed by atoms with Crippen LogP contribution in [0.15, 0.2) is 16.9 Å². The molecule has 0 fully saturated rings. The van der Waals surface area contributed by atoms with Gasteiger partial charge in [-0.1, -0.05) is 0 Å². The van der Waals surface area contributed by atoms with Crippen molar-refractivity contribution in [2.45, 2.75) is 19.9 Å². The van der Waals surface area contributed by atoms with E-state index in [-0.39, 0.29) is 5.56 Å². The van der Waals surface area contributed by atoms with Gasteiger partial charge in [-0.3, -0.25) is 4.79 Å². The lowest BCUT2D eigenvalue weighted by atomic mass is 10.3. The van der Waals surface area contributed by atoms with Crippen LogP contribution in [-0.4, -0.2) is 30.1 Å². The van der Waals surface area contributed by atoms with E-state index in [1.165, 1.54) is 6.07 Å². The Morgan fingerprint density at radius 2 is 2.07 bits per heavy atom. The van der Waals surface area contributed by atoms with Gasteiger partial charge in [0.15, 0.2) is 0 Å². The lowest BCUT2D eigenvalue weighted by molar-refractivity contribution is 0.384. The van der Waals surface area contributed by atoms with Crippen molar-refractivity contribution >= 4 is 5.69 Å². The molecule has 15 heavy (non-hydrogen) atoms. The van der Waals surface area contributed by atoms with Crippen LogP contribution in [-0.2, 0) is 6.54 Å². The second kappa shape index (κ2) is 4.98. The Balaban J connectivity index is 2.76. The zero-order valence-electron chi connectivity index (χ0n) is 9.66. The maximum Gasteiger partial charge on any atom is 0.250 e. The van der Waals surface area contributed by atoms with Gasteiger partial charge in [0.05, 0.1) is 5.69 Å². The Labute approximate surface area is 90.3 Å². The van der Waals surface area contributed by atoms with Crippen molar-refractivity contribution in [2.24, 2.45) is 0 Å². The molecule has 84 valence electrons. The first kappa shape index (κ1) is 11.8. The maximum atomic E-state index is 11.6. The molecule has 0 unspecified atom stereocenters. The van der Waals surface area contributed by atoms with Crippen molar-refractivity contribution in [3.63, 3.8) is 0 Å². The van der Waals surface area contributed by atoms with E-state index in [2.05, 4.69) is 4.90 Å². The summed E-state index contributed by atoms with van der Waals surface area (Å²) in [4.78, 5) is 13.7. The number of nitrogens with zero attached hydrogens (tertiary/aromatic N) is 2. The zero-order valence-corrected chi connectivity index (χ0v) is 9.66. The van der Waals surface area contributed by atoms with Gasteiger partial charge >= 0.3 is 0 Å². The van der Waals surface area contributed by atoms with Crippen LogP contribution in [0.4, 0.5) is 5.69 Å². The number of hydrogen-bond acceptors (Lipinski definition) is 3. The van der Waals surface area contributed by atoms with Crippen LogP contribution in [0, 0.1) is 6.92 Å². The minimum absolute atomic E-state index is 0.0282. The lowest BCUT2D eigenvalue weighted by Gasteiger charge is -2.13. The normalized spacial score (nSPS) is 10.9. The third kappa shape index (κ3) is 3.09. The molecule has 0 aliphatic heterocycles. The third-order valence-electron chi connectivity index (χ3n) is 2.48. The number of anilines is 1. The summed E-state index contributed by atoms with van der Waals surface area (Å²) < 4.78 is 1.73. The Morgan fingerprint density at radius 3 is 2.67 bits per heavy atom. The van der Waals surface area contributed by atoms with Gasteiger partial charge in [-0.15, -0.1) is 0 Å². The smallest absolute Gasteiger partial charge is 0.250 e. The summed E-state index contributed by atoms with van der Waals surface area (Å²) in [7, 11) is 4.05. The second-order valence-corrected chi connectivity index (χ2v) is 4.02. The summed E-state index contributed by atoms with van der Waals surface area (Å²) in [5, 5.41) is 0. The van der Waals surface area contributed by atoms with Crippen LogP contribution < -0.4 is 11.3 Å². The standard InChI is InChI=1S/C11H19N3O/c1-9-10(12)5-6-11(15)14(9)8-4-7-13(2)3/h5-6H,4,7-8,12H2,1-3H3. The van der Waals surface area contributed by atoms with Crippen LogP contribution >= 0.6 is 0 Å². The topological polar surface area (TPSA) is 51.3 Å². The fourth-order valence-corrected chi connectivity index (χ4v) is 1.52. The predicted molar refractivity (Wildman–Crippen MR) is 63.0 cm³/mol.